The molecule has 0 aliphatic carbocycles. The van der Waals surface area contributed by atoms with Crippen molar-refractivity contribution >= 4 is 23.4 Å². The molecule has 0 bridgehead atoms. The number of amides is 2. The van der Waals surface area contributed by atoms with Crippen LogP contribution in [0, 0.1) is 5.41 Å². The molecular formula is C22H25ClN2O4. The molecule has 2 aromatic carbocycles. The molecule has 0 spiro atoms. The predicted molar refractivity (Wildman–Crippen MR) is 111 cm³/mol. The minimum absolute atomic E-state index is 0.0756. The maximum atomic E-state index is 12.7. The van der Waals surface area contributed by atoms with Gasteiger partial charge in [0.1, 0.15) is 11.5 Å². The Balaban J connectivity index is 1.62. The van der Waals surface area contributed by atoms with Crippen molar-refractivity contribution < 1.29 is 19.1 Å². The second kappa shape index (κ2) is 9.65. The van der Waals surface area contributed by atoms with Crippen LogP contribution in [-0.4, -0.2) is 43.0 Å². The second-order valence-corrected chi connectivity index (χ2v) is 7.84. The smallest absolute Gasteiger partial charge is 0.260 e. The Bertz CT molecular complexity index is 828. The number of piperidine rings is 1. The molecular weight excluding hydrogens is 392 g/mol. The molecule has 0 aromatic heterocycles. The summed E-state index contributed by atoms with van der Waals surface area (Å²) in [6.45, 7) is 1.27. The number of nitrogens with zero attached hydrogens (tertiary/aromatic N) is 1. The zero-order chi connectivity index (χ0) is 20.7. The molecule has 2 amide bonds. The number of ether oxygens (including phenoxy) is 2. The van der Waals surface area contributed by atoms with Crippen LogP contribution in [0.2, 0.25) is 5.02 Å². The van der Waals surface area contributed by atoms with Crippen molar-refractivity contribution in [2.45, 2.75) is 19.3 Å². The Labute approximate surface area is 175 Å². The normalized spacial score (nSPS) is 18.9. The molecule has 6 nitrogen and oxygen atoms in total. The van der Waals surface area contributed by atoms with Gasteiger partial charge >= 0.3 is 0 Å². The highest BCUT2D eigenvalue weighted by Crippen LogP contribution is 2.34. The number of primary amides is 1. The van der Waals surface area contributed by atoms with Crippen LogP contribution < -0.4 is 15.2 Å². The number of para-hydroxylation sites is 1. The number of rotatable bonds is 8. The van der Waals surface area contributed by atoms with Gasteiger partial charge in [-0.1, -0.05) is 29.8 Å². The molecule has 0 radical (unpaired) electrons. The van der Waals surface area contributed by atoms with Crippen LogP contribution in [0.4, 0.5) is 0 Å². The number of hydrogen-bond donors (Lipinski definition) is 1. The van der Waals surface area contributed by atoms with E-state index in [2.05, 4.69) is 0 Å². The summed E-state index contributed by atoms with van der Waals surface area (Å²) in [6, 6.07) is 16.3. The highest BCUT2D eigenvalue weighted by atomic mass is 35.5. The first-order valence-corrected chi connectivity index (χ1v) is 9.96. The molecule has 1 atom stereocenters. The van der Waals surface area contributed by atoms with Crippen LogP contribution in [0.15, 0.2) is 54.6 Å². The third kappa shape index (κ3) is 6.12. The van der Waals surface area contributed by atoms with E-state index in [0.29, 0.717) is 30.5 Å². The van der Waals surface area contributed by atoms with Gasteiger partial charge in [0.05, 0.1) is 6.61 Å². The van der Waals surface area contributed by atoms with Gasteiger partial charge in [0.2, 0.25) is 5.91 Å². The fourth-order valence-electron chi connectivity index (χ4n) is 3.62. The van der Waals surface area contributed by atoms with Gasteiger partial charge in [0.15, 0.2) is 6.61 Å². The van der Waals surface area contributed by atoms with Crippen LogP contribution in [0.25, 0.3) is 0 Å². The van der Waals surface area contributed by atoms with Crippen molar-refractivity contribution in [2.24, 2.45) is 11.1 Å². The maximum Gasteiger partial charge on any atom is 0.260 e. The fourth-order valence-corrected chi connectivity index (χ4v) is 3.75. The van der Waals surface area contributed by atoms with E-state index in [9.17, 15) is 9.59 Å². The van der Waals surface area contributed by atoms with Gasteiger partial charge in [0, 0.05) is 29.9 Å². The molecule has 2 aromatic rings. The summed E-state index contributed by atoms with van der Waals surface area (Å²) in [5.41, 5.74) is 5.01. The summed E-state index contributed by atoms with van der Waals surface area (Å²) in [5, 5.41) is 0.606. The molecule has 1 aliphatic rings. The molecule has 1 saturated heterocycles. The number of halogens is 1. The Morgan fingerprint density at radius 2 is 1.72 bits per heavy atom. The first-order chi connectivity index (χ1) is 14.0. The van der Waals surface area contributed by atoms with Crippen LogP contribution in [0.3, 0.4) is 0 Å². The van der Waals surface area contributed by atoms with Gasteiger partial charge in [-0.05, 0) is 49.2 Å². The molecule has 1 heterocycles. The zero-order valence-electron chi connectivity index (χ0n) is 16.2. The molecule has 1 fully saturated rings. The van der Waals surface area contributed by atoms with Crippen molar-refractivity contribution in [3.8, 4) is 11.5 Å². The monoisotopic (exact) mass is 416 g/mol. The molecule has 0 unspecified atom stereocenters. The van der Waals surface area contributed by atoms with E-state index in [1.165, 1.54) is 0 Å². The summed E-state index contributed by atoms with van der Waals surface area (Å²) >= 11 is 5.86. The largest absolute Gasteiger partial charge is 0.493 e. The minimum Gasteiger partial charge on any atom is -0.493 e. The quantitative estimate of drug-likeness (QED) is 0.715. The van der Waals surface area contributed by atoms with Gasteiger partial charge in [-0.2, -0.15) is 0 Å². The summed E-state index contributed by atoms with van der Waals surface area (Å²) in [4.78, 5) is 26.2. The lowest BCUT2D eigenvalue weighted by molar-refractivity contribution is -0.139. The molecule has 7 heteroatoms. The van der Waals surface area contributed by atoms with E-state index in [-0.39, 0.29) is 18.9 Å². The predicted octanol–water partition coefficient (Wildman–Crippen LogP) is 3.28. The lowest BCUT2D eigenvalue weighted by atomic mass is 9.77. The van der Waals surface area contributed by atoms with Crippen molar-refractivity contribution in [1.29, 1.82) is 0 Å². The average molecular weight is 417 g/mol. The third-order valence-electron chi connectivity index (χ3n) is 5.03. The summed E-state index contributed by atoms with van der Waals surface area (Å²) in [5.74, 6) is 0.781. The number of hydrogen-bond acceptors (Lipinski definition) is 4. The number of nitrogens with two attached hydrogens (primary N) is 1. The zero-order valence-corrected chi connectivity index (χ0v) is 16.9. The number of carbonyl (C=O) groups excluding carboxylic acids is 2. The van der Waals surface area contributed by atoms with E-state index >= 15 is 0 Å². The Kier molecular flexibility index (Phi) is 6.99. The highest BCUT2D eigenvalue weighted by Gasteiger charge is 2.39. The van der Waals surface area contributed by atoms with E-state index < -0.39 is 11.3 Å². The van der Waals surface area contributed by atoms with E-state index in [1.54, 1.807) is 29.2 Å². The lowest BCUT2D eigenvalue weighted by Crippen LogP contribution is -2.51. The van der Waals surface area contributed by atoms with Crippen LogP contribution >= 0.6 is 11.6 Å². The first kappa shape index (κ1) is 21.0. The van der Waals surface area contributed by atoms with Gasteiger partial charge in [-0.15, -0.1) is 0 Å². The fraction of sp³-hybridized carbons (Fsp3) is 0.364. The summed E-state index contributed by atoms with van der Waals surface area (Å²) < 4.78 is 11.5. The van der Waals surface area contributed by atoms with Gasteiger partial charge in [0.25, 0.3) is 5.91 Å². The first-order valence-electron chi connectivity index (χ1n) is 9.58. The van der Waals surface area contributed by atoms with Crippen LogP contribution in [0.5, 0.6) is 11.5 Å². The number of likely N-dealkylation sites (tertiary alicyclic amines) is 1. The molecule has 0 saturated carbocycles. The number of carbonyl (C=O) groups is 2. The molecule has 2 N–H and O–H groups in total. The minimum atomic E-state index is -0.504. The second-order valence-electron chi connectivity index (χ2n) is 7.41. The Hall–Kier alpha value is -2.73. The SMILES string of the molecule is NC(=O)C[C@@]1(COc2ccccc2)CCCN(C(=O)COc2ccc(Cl)cc2)C1. The number of benzene rings is 2. The maximum absolute atomic E-state index is 12.7. The van der Waals surface area contributed by atoms with Crippen molar-refractivity contribution in [3.63, 3.8) is 0 Å². The van der Waals surface area contributed by atoms with E-state index in [4.69, 9.17) is 26.8 Å². The van der Waals surface area contributed by atoms with Gasteiger partial charge in [-0.25, -0.2) is 0 Å². The van der Waals surface area contributed by atoms with Crippen molar-refractivity contribution in [2.75, 3.05) is 26.3 Å². The van der Waals surface area contributed by atoms with Crippen LogP contribution in [0.1, 0.15) is 19.3 Å². The third-order valence-corrected chi connectivity index (χ3v) is 5.28. The van der Waals surface area contributed by atoms with E-state index in [1.807, 2.05) is 30.3 Å². The molecule has 1 aliphatic heterocycles. The van der Waals surface area contributed by atoms with Gasteiger partial charge < -0.3 is 20.1 Å². The van der Waals surface area contributed by atoms with Crippen molar-refractivity contribution in [3.05, 3.63) is 59.6 Å². The summed E-state index contributed by atoms with van der Waals surface area (Å²) in [7, 11) is 0. The highest BCUT2D eigenvalue weighted by molar-refractivity contribution is 6.30. The molecule has 29 heavy (non-hydrogen) atoms. The lowest BCUT2D eigenvalue weighted by Gasteiger charge is -2.42. The Morgan fingerprint density at radius 3 is 2.41 bits per heavy atom. The summed E-state index contributed by atoms with van der Waals surface area (Å²) in [6.07, 6.45) is 1.71. The molecule has 154 valence electrons. The Morgan fingerprint density at radius 1 is 1.03 bits per heavy atom. The van der Waals surface area contributed by atoms with E-state index in [0.717, 1.165) is 18.6 Å². The van der Waals surface area contributed by atoms with Crippen molar-refractivity contribution in [1.82, 2.24) is 4.90 Å². The standard InChI is InChI=1S/C22H25ClN2O4/c23-17-7-9-19(10-8-17)28-14-21(27)25-12-4-11-22(15-25,13-20(24)26)16-29-18-5-2-1-3-6-18/h1-3,5-10H,4,11-16H2,(H2,24,26)/t22-/m0/s1. The molecule has 3 rings (SSSR count). The van der Waals surface area contributed by atoms with Crippen LogP contribution in [-0.2, 0) is 9.59 Å². The topological polar surface area (TPSA) is 81.9 Å². The van der Waals surface area contributed by atoms with Gasteiger partial charge in [-0.3, -0.25) is 9.59 Å². The average Bonchev–Trinajstić information content (AvgIpc) is 2.72.